The minimum absolute atomic E-state index is 0.136. The molecule has 0 N–H and O–H groups in total. The molecule has 1 aliphatic heterocycles. The molecule has 1 saturated heterocycles. The van der Waals surface area contributed by atoms with Crippen molar-refractivity contribution in [3.8, 4) is 0 Å². The van der Waals surface area contributed by atoms with Crippen LogP contribution in [0.2, 0.25) is 0 Å². The van der Waals surface area contributed by atoms with E-state index < -0.39 is 0 Å². The van der Waals surface area contributed by atoms with Crippen molar-refractivity contribution in [1.29, 1.82) is 0 Å². The molecule has 1 aromatic heterocycles. The van der Waals surface area contributed by atoms with Gasteiger partial charge >= 0.3 is 0 Å². The lowest BCUT2D eigenvalue weighted by Crippen LogP contribution is -2.46. The molecule has 0 radical (unpaired) electrons. The van der Waals surface area contributed by atoms with E-state index >= 15 is 0 Å². The Labute approximate surface area is 149 Å². The predicted molar refractivity (Wildman–Crippen MR) is 97.1 cm³/mol. The standard InChI is InChI=1S/C21H26N2O2/c1-22-11-9-17(10-12-22)23(15-18-8-5-13-25-18)21(24)20-14-19(20)16-6-3-2-4-7-16/h2-8,13,17,19-20H,9-12,14-15H2,1H3/t19-,20+/m0/s1. The van der Waals surface area contributed by atoms with Crippen molar-refractivity contribution in [1.82, 2.24) is 9.80 Å². The lowest BCUT2D eigenvalue weighted by Gasteiger charge is -2.37. The number of furan rings is 1. The highest BCUT2D eigenvalue weighted by Gasteiger charge is 2.47. The Morgan fingerprint density at radius 2 is 1.92 bits per heavy atom. The van der Waals surface area contributed by atoms with Crippen LogP contribution in [0.1, 0.15) is 36.5 Å². The van der Waals surface area contributed by atoms with Crippen molar-refractivity contribution in [2.75, 3.05) is 20.1 Å². The SMILES string of the molecule is CN1CCC(N(Cc2ccco2)C(=O)[C@@H]2C[C@H]2c2ccccc2)CC1. The maximum Gasteiger partial charge on any atom is 0.226 e. The third-order valence-corrected chi connectivity index (χ3v) is 5.65. The van der Waals surface area contributed by atoms with Crippen LogP contribution in [0.3, 0.4) is 0 Å². The second-order valence-electron chi connectivity index (χ2n) is 7.44. The molecule has 4 rings (SSSR count). The van der Waals surface area contributed by atoms with Crippen molar-refractivity contribution >= 4 is 5.91 Å². The minimum atomic E-state index is 0.136. The average molecular weight is 338 g/mol. The molecule has 0 bridgehead atoms. The topological polar surface area (TPSA) is 36.7 Å². The van der Waals surface area contributed by atoms with E-state index in [0.717, 1.165) is 38.1 Å². The van der Waals surface area contributed by atoms with E-state index in [-0.39, 0.29) is 5.92 Å². The third-order valence-electron chi connectivity index (χ3n) is 5.65. The van der Waals surface area contributed by atoms with E-state index in [1.165, 1.54) is 5.56 Å². The molecule has 2 aromatic rings. The Morgan fingerprint density at radius 3 is 2.60 bits per heavy atom. The maximum absolute atomic E-state index is 13.3. The molecule has 4 heteroatoms. The highest BCUT2D eigenvalue weighted by molar-refractivity contribution is 5.83. The van der Waals surface area contributed by atoms with Crippen LogP contribution >= 0.6 is 0 Å². The predicted octanol–water partition coefficient (Wildman–Crippen LogP) is 3.51. The highest BCUT2D eigenvalue weighted by Crippen LogP contribution is 2.49. The molecule has 0 spiro atoms. The maximum atomic E-state index is 13.3. The lowest BCUT2D eigenvalue weighted by atomic mass is 10.0. The number of hydrogen-bond donors (Lipinski definition) is 0. The fourth-order valence-electron chi connectivity index (χ4n) is 4.01. The molecule has 132 valence electrons. The van der Waals surface area contributed by atoms with Gasteiger partial charge in [0.2, 0.25) is 5.91 Å². The van der Waals surface area contributed by atoms with Gasteiger partial charge in [0.05, 0.1) is 12.8 Å². The Morgan fingerprint density at radius 1 is 1.16 bits per heavy atom. The number of carbonyl (C=O) groups is 1. The van der Waals surface area contributed by atoms with Crippen LogP contribution in [0.4, 0.5) is 0 Å². The number of hydrogen-bond acceptors (Lipinski definition) is 3. The molecule has 2 fully saturated rings. The van der Waals surface area contributed by atoms with Crippen molar-refractivity contribution in [2.45, 2.75) is 37.8 Å². The van der Waals surface area contributed by atoms with Crippen LogP contribution in [-0.2, 0) is 11.3 Å². The largest absolute Gasteiger partial charge is 0.467 e. The number of piperidine rings is 1. The quantitative estimate of drug-likeness (QED) is 0.837. The first-order valence-corrected chi connectivity index (χ1v) is 9.28. The van der Waals surface area contributed by atoms with E-state index in [4.69, 9.17) is 4.42 Å². The van der Waals surface area contributed by atoms with Crippen molar-refractivity contribution in [3.05, 3.63) is 60.1 Å². The number of likely N-dealkylation sites (tertiary alicyclic amines) is 1. The zero-order chi connectivity index (χ0) is 17.2. The van der Waals surface area contributed by atoms with Gasteiger partial charge in [-0.25, -0.2) is 0 Å². The van der Waals surface area contributed by atoms with Gasteiger partial charge in [-0.05, 0) is 63.0 Å². The summed E-state index contributed by atoms with van der Waals surface area (Å²) < 4.78 is 5.53. The molecule has 25 heavy (non-hydrogen) atoms. The molecular formula is C21H26N2O2. The Balaban J connectivity index is 1.48. The Bertz CT molecular complexity index is 690. The molecule has 2 aliphatic rings. The first-order valence-electron chi connectivity index (χ1n) is 9.28. The lowest BCUT2D eigenvalue weighted by molar-refractivity contribution is -0.137. The van der Waals surface area contributed by atoms with Gasteiger partial charge in [0.15, 0.2) is 0 Å². The molecule has 2 atom stereocenters. The van der Waals surface area contributed by atoms with E-state index in [2.05, 4.69) is 41.1 Å². The van der Waals surface area contributed by atoms with Crippen LogP contribution in [0.5, 0.6) is 0 Å². The second-order valence-corrected chi connectivity index (χ2v) is 7.44. The summed E-state index contributed by atoms with van der Waals surface area (Å²) >= 11 is 0. The molecule has 0 unspecified atom stereocenters. The van der Waals surface area contributed by atoms with Crippen LogP contribution in [0.15, 0.2) is 53.1 Å². The number of carbonyl (C=O) groups excluding carboxylic acids is 1. The van der Waals surface area contributed by atoms with Crippen molar-refractivity contribution < 1.29 is 9.21 Å². The molecule has 1 aliphatic carbocycles. The van der Waals surface area contributed by atoms with Gasteiger partial charge < -0.3 is 14.2 Å². The Hall–Kier alpha value is -2.07. The first kappa shape index (κ1) is 16.4. The van der Waals surface area contributed by atoms with Crippen molar-refractivity contribution in [3.63, 3.8) is 0 Å². The highest BCUT2D eigenvalue weighted by atomic mass is 16.3. The van der Waals surface area contributed by atoms with Crippen molar-refractivity contribution in [2.24, 2.45) is 5.92 Å². The molecule has 4 nitrogen and oxygen atoms in total. The summed E-state index contributed by atoms with van der Waals surface area (Å²) in [6.45, 7) is 2.71. The summed E-state index contributed by atoms with van der Waals surface area (Å²) in [6.07, 6.45) is 4.76. The second kappa shape index (κ2) is 7.04. The number of rotatable bonds is 5. The van der Waals surface area contributed by atoms with E-state index in [1.54, 1.807) is 6.26 Å². The molecule has 1 amide bonds. The van der Waals surface area contributed by atoms with E-state index in [0.29, 0.717) is 24.4 Å². The van der Waals surface area contributed by atoms with E-state index in [9.17, 15) is 4.79 Å². The van der Waals surface area contributed by atoms with Gasteiger partial charge in [0, 0.05) is 12.0 Å². The molecule has 1 saturated carbocycles. The van der Waals surface area contributed by atoms with Gasteiger partial charge in [0.1, 0.15) is 5.76 Å². The molecule has 1 aromatic carbocycles. The van der Waals surface area contributed by atoms with Crippen LogP contribution < -0.4 is 0 Å². The van der Waals surface area contributed by atoms with Crippen LogP contribution in [-0.4, -0.2) is 41.9 Å². The number of nitrogens with zero attached hydrogens (tertiary/aromatic N) is 2. The normalized spacial score (nSPS) is 24.2. The summed E-state index contributed by atoms with van der Waals surface area (Å²) in [5.74, 6) is 1.71. The monoisotopic (exact) mass is 338 g/mol. The van der Waals surface area contributed by atoms with Gasteiger partial charge in [0.25, 0.3) is 0 Å². The summed E-state index contributed by atoms with van der Waals surface area (Å²) in [4.78, 5) is 17.7. The number of amides is 1. The zero-order valence-electron chi connectivity index (χ0n) is 14.8. The summed E-state index contributed by atoms with van der Waals surface area (Å²) in [7, 11) is 2.15. The summed E-state index contributed by atoms with van der Waals surface area (Å²) in [5.41, 5.74) is 1.29. The number of benzene rings is 1. The third kappa shape index (κ3) is 3.64. The van der Waals surface area contributed by atoms with Crippen LogP contribution in [0, 0.1) is 5.92 Å². The molecule has 2 heterocycles. The van der Waals surface area contributed by atoms with Gasteiger partial charge in [-0.3, -0.25) is 4.79 Å². The van der Waals surface area contributed by atoms with Gasteiger partial charge in [-0.15, -0.1) is 0 Å². The van der Waals surface area contributed by atoms with Crippen LogP contribution in [0.25, 0.3) is 0 Å². The van der Waals surface area contributed by atoms with Gasteiger partial charge in [-0.1, -0.05) is 30.3 Å². The van der Waals surface area contributed by atoms with E-state index in [1.807, 2.05) is 18.2 Å². The van der Waals surface area contributed by atoms with Gasteiger partial charge in [-0.2, -0.15) is 0 Å². The summed E-state index contributed by atoms with van der Waals surface area (Å²) in [6, 6.07) is 14.6. The average Bonchev–Trinajstić information content (AvgIpc) is 3.29. The molecular weight excluding hydrogens is 312 g/mol. The fraction of sp³-hybridized carbons (Fsp3) is 0.476. The minimum Gasteiger partial charge on any atom is -0.467 e. The summed E-state index contributed by atoms with van der Waals surface area (Å²) in [5, 5.41) is 0. The Kier molecular flexibility index (Phi) is 4.62. The fourth-order valence-corrected chi connectivity index (χ4v) is 4.01. The first-order chi connectivity index (χ1) is 12.2. The smallest absolute Gasteiger partial charge is 0.226 e. The zero-order valence-corrected chi connectivity index (χ0v) is 14.8.